The van der Waals surface area contributed by atoms with Gasteiger partial charge in [-0.2, -0.15) is 0 Å². The number of rotatable bonds is 5. The van der Waals surface area contributed by atoms with Crippen LogP contribution in [0.25, 0.3) is 0 Å². The molecule has 0 heterocycles. The number of ether oxygens (including phenoxy) is 1. The standard InChI is InChI=1S/C15H21BrClNO4/c1-15(2,3)22-14(21)18(6-7-19)9-13(20)11-5-4-10(16)8-12(11)17/h4-5,8,13,19-20H,6-7,9H2,1-3H3. The Morgan fingerprint density at radius 2 is 2.09 bits per heavy atom. The van der Waals surface area contributed by atoms with Crippen molar-refractivity contribution in [2.75, 3.05) is 19.7 Å². The van der Waals surface area contributed by atoms with Gasteiger partial charge in [0.25, 0.3) is 0 Å². The van der Waals surface area contributed by atoms with Crippen molar-refractivity contribution >= 4 is 33.6 Å². The second-order valence-corrected chi connectivity index (χ2v) is 7.15. The molecule has 0 aliphatic heterocycles. The van der Waals surface area contributed by atoms with E-state index in [1.54, 1.807) is 39.0 Å². The second kappa shape index (κ2) is 8.15. The number of halogens is 2. The lowest BCUT2D eigenvalue weighted by Gasteiger charge is -2.28. The van der Waals surface area contributed by atoms with Crippen LogP contribution in [0.4, 0.5) is 4.79 Å². The first-order valence-corrected chi connectivity index (χ1v) is 8.03. The van der Waals surface area contributed by atoms with Crippen molar-refractivity contribution in [2.45, 2.75) is 32.5 Å². The smallest absolute Gasteiger partial charge is 0.410 e. The van der Waals surface area contributed by atoms with Gasteiger partial charge in [-0.25, -0.2) is 4.79 Å². The van der Waals surface area contributed by atoms with Gasteiger partial charge in [0.1, 0.15) is 5.60 Å². The Balaban J connectivity index is 2.83. The minimum absolute atomic E-state index is 0.0170. The van der Waals surface area contributed by atoms with Gasteiger partial charge in [0.15, 0.2) is 0 Å². The largest absolute Gasteiger partial charge is 0.444 e. The summed E-state index contributed by atoms with van der Waals surface area (Å²) in [5, 5.41) is 19.8. The van der Waals surface area contributed by atoms with Crippen LogP contribution in [0.1, 0.15) is 32.4 Å². The fraction of sp³-hybridized carbons (Fsp3) is 0.533. The van der Waals surface area contributed by atoms with Crippen molar-refractivity contribution in [3.8, 4) is 0 Å². The summed E-state index contributed by atoms with van der Waals surface area (Å²) < 4.78 is 6.06. The Morgan fingerprint density at radius 3 is 2.59 bits per heavy atom. The van der Waals surface area contributed by atoms with Crippen LogP contribution < -0.4 is 0 Å². The molecule has 0 spiro atoms. The Kier molecular flexibility index (Phi) is 7.12. The zero-order valence-electron chi connectivity index (χ0n) is 12.8. The topological polar surface area (TPSA) is 70.0 Å². The summed E-state index contributed by atoms with van der Waals surface area (Å²) in [6.07, 6.45) is -1.56. The summed E-state index contributed by atoms with van der Waals surface area (Å²) >= 11 is 9.39. The highest BCUT2D eigenvalue weighted by molar-refractivity contribution is 9.10. The molecule has 1 amide bonds. The molecule has 1 unspecified atom stereocenters. The lowest BCUT2D eigenvalue weighted by atomic mass is 10.1. The highest BCUT2D eigenvalue weighted by Gasteiger charge is 2.25. The van der Waals surface area contributed by atoms with Gasteiger partial charge < -0.3 is 19.8 Å². The molecule has 1 rings (SSSR count). The molecule has 0 aromatic heterocycles. The van der Waals surface area contributed by atoms with Gasteiger partial charge in [-0.3, -0.25) is 0 Å². The molecule has 1 aromatic carbocycles. The number of amides is 1. The average Bonchev–Trinajstić information content (AvgIpc) is 2.35. The summed E-state index contributed by atoms with van der Waals surface area (Å²) in [5.41, 5.74) is -0.137. The number of aliphatic hydroxyl groups excluding tert-OH is 2. The Morgan fingerprint density at radius 1 is 1.45 bits per heavy atom. The van der Waals surface area contributed by atoms with Crippen LogP contribution in [-0.2, 0) is 4.74 Å². The van der Waals surface area contributed by atoms with E-state index >= 15 is 0 Å². The fourth-order valence-corrected chi connectivity index (χ4v) is 2.58. The molecule has 1 atom stereocenters. The van der Waals surface area contributed by atoms with E-state index in [2.05, 4.69) is 15.9 Å². The Bertz CT molecular complexity index is 519. The number of carbonyl (C=O) groups is 1. The molecule has 22 heavy (non-hydrogen) atoms. The molecule has 0 radical (unpaired) electrons. The van der Waals surface area contributed by atoms with Crippen LogP contribution in [-0.4, -0.2) is 46.5 Å². The molecule has 0 saturated heterocycles. The van der Waals surface area contributed by atoms with Gasteiger partial charge in [-0.05, 0) is 32.9 Å². The molecule has 2 N–H and O–H groups in total. The molecule has 0 saturated carbocycles. The van der Waals surface area contributed by atoms with E-state index in [4.69, 9.17) is 21.4 Å². The van der Waals surface area contributed by atoms with Gasteiger partial charge in [0.2, 0.25) is 0 Å². The van der Waals surface area contributed by atoms with Crippen molar-refractivity contribution < 1.29 is 19.7 Å². The average molecular weight is 395 g/mol. The first-order chi connectivity index (χ1) is 10.1. The third kappa shape index (κ3) is 6.12. The van der Waals surface area contributed by atoms with Crippen LogP contribution in [0, 0.1) is 0 Å². The predicted molar refractivity (Wildman–Crippen MR) is 89.0 cm³/mol. The highest BCUT2D eigenvalue weighted by Crippen LogP contribution is 2.27. The molecule has 124 valence electrons. The lowest BCUT2D eigenvalue weighted by molar-refractivity contribution is 0.0109. The van der Waals surface area contributed by atoms with Crippen LogP contribution in [0.15, 0.2) is 22.7 Å². The minimum atomic E-state index is -0.973. The first-order valence-electron chi connectivity index (χ1n) is 6.86. The molecular weight excluding hydrogens is 374 g/mol. The van der Waals surface area contributed by atoms with Crippen molar-refractivity contribution in [2.24, 2.45) is 0 Å². The Labute approximate surface area is 144 Å². The zero-order valence-corrected chi connectivity index (χ0v) is 15.2. The molecule has 5 nitrogen and oxygen atoms in total. The van der Waals surface area contributed by atoms with Crippen LogP contribution >= 0.6 is 27.5 Å². The summed E-state index contributed by atoms with van der Waals surface area (Å²) in [6, 6.07) is 5.11. The van der Waals surface area contributed by atoms with E-state index in [1.165, 1.54) is 4.90 Å². The molecule has 0 aliphatic rings. The summed E-state index contributed by atoms with van der Waals surface area (Å²) in [6.45, 7) is 5.09. The van der Waals surface area contributed by atoms with Gasteiger partial charge in [-0.1, -0.05) is 33.6 Å². The summed E-state index contributed by atoms with van der Waals surface area (Å²) in [5.74, 6) is 0. The maximum Gasteiger partial charge on any atom is 0.410 e. The maximum absolute atomic E-state index is 12.1. The SMILES string of the molecule is CC(C)(C)OC(=O)N(CCO)CC(O)c1ccc(Br)cc1Cl. The minimum Gasteiger partial charge on any atom is -0.444 e. The quantitative estimate of drug-likeness (QED) is 0.803. The van der Waals surface area contributed by atoms with Crippen LogP contribution in [0.5, 0.6) is 0 Å². The van der Waals surface area contributed by atoms with Crippen LogP contribution in [0.3, 0.4) is 0 Å². The number of nitrogens with zero attached hydrogens (tertiary/aromatic N) is 1. The van der Waals surface area contributed by atoms with E-state index in [-0.39, 0.29) is 19.7 Å². The molecule has 0 bridgehead atoms. The third-order valence-electron chi connectivity index (χ3n) is 2.74. The van der Waals surface area contributed by atoms with E-state index < -0.39 is 17.8 Å². The second-order valence-electron chi connectivity index (χ2n) is 5.83. The number of benzene rings is 1. The van der Waals surface area contributed by atoms with E-state index in [0.717, 1.165) is 4.47 Å². The number of hydrogen-bond donors (Lipinski definition) is 2. The zero-order chi connectivity index (χ0) is 16.9. The molecular formula is C15H21BrClNO4. The van der Waals surface area contributed by atoms with Gasteiger partial charge in [-0.15, -0.1) is 0 Å². The predicted octanol–water partition coefficient (Wildman–Crippen LogP) is 3.37. The van der Waals surface area contributed by atoms with Gasteiger partial charge >= 0.3 is 6.09 Å². The Hall–Kier alpha value is -0.820. The number of hydrogen-bond acceptors (Lipinski definition) is 4. The highest BCUT2D eigenvalue weighted by atomic mass is 79.9. The van der Waals surface area contributed by atoms with Gasteiger partial charge in [0, 0.05) is 21.6 Å². The van der Waals surface area contributed by atoms with Crippen molar-refractivity contribution in [3.05, 3.63) is 33.3 Å². The maximum atomic E-state index is 12.1. The van der Waals surface area contributed by atoms with Crippen molar-refractivity contribution in [1.82, 2.24) is 4.90 Å². The normalized spacial score (nSPS) is 12.9. The molecule has 0 aliphatic carbocycles. The van der Waals surface area contributed by atoms with E-state index in [0.29, 0.717) is 10.6 Å². The third-order valence-corrected chi connectivity index (χ3v) is 3.56. The molecule has 1 aromatic rings. The number of aliphatic hydroxyl groups is 2. The molecule has 0 fully saturated rings. The molecule has 7 heteroatoms. The monoisotopic (exact) mass is 393 g/mol. The summed E-state index contributed by atoms with van der Waals surface area (Å²) in [4.78, 5) is 13.4. The van der Waals surface area contributed by atoms with Crippen molar-refractivity contribution in [3.63, 3.8) is 0 Å². The van der Waals surface area contributed by atoms with E-state index in [9.17, 15) is 9.90 Å². The van der Waals surface area contributed by atoms with Crippen molar-refractivity contribution in [1.29, 1.82) is 0 Å². The van der Waals surface area contributed by atoms with Crippen LogP contribution in [0.2, 0.25) is 5.02 Å². The fourth-order valence-electron chi connectivity index (χ4n) is 1.78. The number of carbonyl (C=O) groups excluding carboxylic acids is 1. The van der Waals surface area contributed by atoms with Gasteiger partial charge in [0.05, 0.1) is 19.3 Å². The summed E-state index contributed by atoms with van der Waals surface area (Å²) in [7, 11) is 0. The lowest BCUT2D eigenvalue weighted by Crippen LogP contribution is -2.40. The first kappa shape index (κ1) is 19.2. The van der Waals surface area contributed by atoms with E-state index in [1.807, 2.05) is 0 Å².